The van der Waals surface area contributed by atoms with Gasteiger partial charge in [-0.25, -0.2) is 21.6 Å². The molecule has 1 aliphatic heterocycles. The summed E-state index contributed by atoms with van der Waals surface area (Å²) in [5.41, 5.74) is 0. The maximum Gasteiger partial charge on any atom is 0.243 e. The summed E-state index contributed by atoms with van der Waals surface area (Å²) in [4.78, 5) is 13.0. The number of carbonyl (C=O) groups is 1. The van der Waals surface area contributed by atoms with Crippen LogP contribution in [0.15, 0.2) is 35.2 Å². The molecule has 29 heavy (non-hydrogen) atoms. The lowest BCUT2D eigenvalue weighted by Crippen LogP contribution is -2.49. The zero-order valence-electron chi connectivity index (χ0n) is 16.6. The number of rotatable bonds is 6. The molecule has 1 heterocycles. The average Bonchev–Trinajstić information content (AvgIpc) is 2.69. The van der Waals surface area contributed by atoms with E-state index in [0.717, 1.165) is 6.26 Å². The lowest BCUT2D eigenvalue weighted by Gasteiger charge is -2.34. The molecular weight excluding hydrogens is 414 g/mol. The minimum absolute atomic E-state index is 0.00113. The summed E-state index contributed by atoms with van der Waals surface area (Å²) in [5.74, 6) is -0.480. The molecule has 1 aromatic rings. The van der Waals surface area contributed by atoms with Gasteiger partial charge in [-0.2, -0.15) is 4.31 Å². The summed E-state index contributed by atoms with van der Waals surface area (Å²) in [6, 6.07) is 8.21. The number of nitrogens with zero attached hydrogens (tertiary/aromatic N) is 1. The van der Waals surface area contributed by atoms with Gasteiger partial charge in [0, 0.05) is 25.2 Å². The molecule has 2 fully saturated rings. The monoisotopic (exact) mass is 443 g/mol. The van der Waals surface area contributed by atoms with Crippen molar-refractivity contribution in [1.82, 2.24) is 14.3 Å². The second kappa shape index (κ2) is 9.11. The van der Waals surface area contributed by atoms with Crippen LogP contribution in [0.4, 0.5) is 0 Å². The summed E-state index contributed by atoms with van der Waals surface area (Å²) in [5, 5.41) is 3.05. The molecule has 2 N–H and O–H groups in total. The van der Waals surface area contributed by atoms with E-state index in [2.05, 4.69) is 10.0 Å². The van der Waals surface area contributed by atoms with Crippen molar-refractivity contribution in [3.63, 3.8) is 0 Å². The molecule has 162 valence electrons. The Morgan fingerprint density at radius 2 is 1.59 bits per heavy atom. The van der Waals surface area contributed by atoms with Crippen molar-refractivity contribution >= 4 is 26.0 Å². The molecule has 1 amide bonds. The van der Waals surface area contributed by atoms with E-state index in [0.29, 0.717) is 45.1 Å². The number of piperidine rings is 1. The highest BCUT2D eigenvalue weighted by Gasteiger charge is 2.34. The third kappa shape index (κ3) is 6.00. The fourth-order valence-corrected chi connectivity index (χ4v) is 6.48. The van der Waals surface area contributed by atoms with Crippen LogP contribution in [0.1, 0.15) is 38.5 Å². The minimum Gasteiger partial charge on any atom is -0.353 e. The van der Waals surface area contributed by atoms with E-state index in [1.54, 1.807) is 30.3 Å². The molecular formula is C19H29N3O5S2. The predicted molar refractivity (Wildman–Crippen MR) is 110 cm³/mol. The van der Waals surface area contributed by atoms with Gasteiger partial charge in [0.15, 0.2) is 0 Å². The molecule has 0 aromatic heterocycles. The quantitative estimate of drug-likeness (QED) is 0.683. The van der Waals surface area contributed by atoms with Crippen LogP contribution in [0, 0.1) is 5.92 Å². The van der Waals surface area contributed by atoms with E-state index < -0.39 is 20.0 Å². The lowest BCUT2D eigenvalue weighted by atomic mass is 9.90. The number of sulfonamides is 2. The Hall–Kier alpha value is -1.49. The first kappa shape index (κ1) is 22.2. The van der Waals surface area contributed by atoms with Gasteiger partial charge in [-0.3, -0.25) is 4.79 Å². The van der Waals surface area contributed by atoms with Crippen molar-refractivity contribution in [2.45, 2.75) is 55.5 Å². The van der Waals surface area contributed by atoms with Crippen molar-refractivity contribution in [2.75, 3.05) is 19.3 Å². The number of hydrogen-bond donors (Lipinski definition) is 2. The van der Waals surface area contributed by atoms with Gasteiger partial charge < -0.3 is 5.32 Å². The first-order valence-electron chi connectivity index (χ1n) is 9.98. The molecule has 0 radical (unpaired) electrons. The van der Waals surface area contributed by atoms with Gasteiger partial charge >= 0.3 is 0 Å². The minimum atomic E-state index is -3.60. The topological polar surface area (TPSA) is 113 Å². The summed E-state index contributed by atoms with van der Waals surface area (Å²) in [6.45, 7) is 0.608. The largest absolute Gasteiger partial charge is 0.353 e. The van der Waals surface area contributed by atoms with E-state index in [1.165, 1.54) is 4.31 Å². The number of carbonyl (C=O) groups excluding carboxylic acids is 1. The van der Waals surface area contributed by atoms with E-state index in [-0.39, 0.29) is 35.3 Å². The molecule has 3 rings (SSSR count). The number of nitrogens with one attached hydrogen (secondary N) is 2. The zero-order valence-corrected chi connectivity index (χ0v) is 18.2. The maximum absolute atomic E-state index is 12.8. The molecule has 2 aliphatic rings. The third-order valence-corrected chi connectivity index (χ3v) is 8.23. The van der Waals surface area contributed by atoms with Crippen LogP contribution in [-0.2, 0) is 24.8 Å². The predicted octanol–water partition coefficient (Wildman–Crippen LogP) is 1.06. The second-order valence-corrected chi connectivity index (χ2v) is 11.7. The van der Waals surface area contributed by atoms with E-state index >= 15 is 0 Å². The van der Waals surface area contributed by atoms with Crippen molar-refractivity contribution in [2.24, 2.45) is 5.92 Å². The van der Waals surface area contributed by atoms with Gasteiger partial charge in [-0.05, 0) is 50.7 Å². The Balaban J connectivity index is 1.54. The molecule has 1 saturated heterocycles. The Labute approximate surface area is 173 Å². The van der Waals surface area contributed by atoms with Crippen LogP contribution in [-0.4, -0.2) is 58.5 Å². The zero-order chi connectivity index (χ0) is 21.1. The lowest BCUT2D eigenvalue weighted by molar-refractivity contribution is -0.127. The molecule has 1 saturated carbocycles. The Morgan fingerprint density at radius 3 is 2.21 bits per heavy atom. The summed E-state index contributed by atoms with van der Waals surface area (Å²) in [6.07, 6.45) is 5.23. The SMILES string of the molecule is CS(=O)(=O)N[C@H]1CC[C@H](NC(=O)[C@H]2CCCN(S(=O)(=O)c3ccccc3)C2)CC1. The van der Waals surface area contributed by atoms with Crippen LogP contribution in [0.5, 0.6) is 0 Å². The number of benzene rings is 1. The second-order valence-electron chi connectivity index (χ2n) is 7.96. The normalized spacial score (nSPS) is 26.7. The molecule has 8 nitrogen and oxygen atoms in total. The van der Waals surface area contributed by atoms with Crippen LogP contribution < -0.4 is 10.0 Å². The van der Waals surface area contributed by atoms with Crippen LogP contribution in [0.25, 0.3) is 0 Å². The van der Waals surface area contributed by atoms with Gasteiger partial charge in [0.2, 0.25) is 26.0 Å². The standard InChI is InChI=1S/C19H29N3O5S2/c1-28(24,25)21-17-11-9-16(10-12-17)20-19(23)15-6-5-13-22(14-15)29(26,27)18-7-3-2-4-8-18/h2-4,7-8,15-17,21H,5-6,9-14H2,1H3,(H,20,23)/t15-,16-,17-/m0/s1. The fraction of sp³-hybridized carbons (Fsp3) is 0.632. The van der Waals surface area contributed by atoms with E-state index in [1.807, 2.05) is 0 Å². The van der Waals surface area contributed by atoms with Crippen molar-refractivity contribution < 1.29 is 21.6 Å². The highest BCUT2D eigenvalue weighted by molar-refractivity contribution is 7.89. The van der Waals surface area contributed by atoms with Gasteiger partial charge in [0.1, 0.15) is 0 Å². The van der Waals surface area contributed by atoms with Crippen molar-refractivity contribution in [3.05, 3.63) is 30.3 Å². The van der Waals surface area contributed by atoms with Crippen LogP contribution in [0.2, 0.25) is 0 Å². The Bertz CT molecular complexity index is 910. The molecule has 1 aromatic carbocycles. The van der Waals surface area contributed by atoms with Gasteiger partial charge in [-0.15, -0.1) is 0 Å². The Kier molecular flexibility index (Phi) is 6.98. The summed E-state index contributed by atoms with van der Waals surface area (Å²) < 4.78 is 52.4. The summed E-state index contributed by atoms with van der Waals surface area (Å²) >= 11 is 0. The van der Waals surface area contributed by atoms with Crippen molar-refractivity contribution in [1.29, 1.82) is 0 Å². The molecule has 0 spiro atoms. The van der Waals surface area contributed by atoms with Crippen LogP contribution in [0.3, 0.4) is 0 Å². The Morgan fingerprint density at radius 1 is 0.966 bits per heavy atom. The van der Waals surface area contributed by atoms with Gasteiger partial charge in [0.05, 0.1) is 17.1 Å². The average molecular weight is 444 g/mol. The highest BCUT2D eigenvalue weighted by atomic mass is 32.2. The smallest absolute Gasteiger partial charge is 0.243 e. The molecule has 0 bridgehead atoms. The summed E-state index contributed by atoms with van der Waals surface area (Å²) in [7, 11) is -6.82. The molecule has 0 unspecified atom stereocenters. The van der Waals surface area contributed by atoms with Crippen molar-refractivity contribution in [3.8, 4) is 0 Å². The number of hydrogen-bond acceptors (Lipinski definition) is 5. The molecule has 1 atom stereocenters. The molecule has 1 aliphatic carbocycles. The maximum atomic E-state index is 12.8. The van der Waals surface area contributed by atoms with E-state index in [4.69, 9.17) is 0 Å². The van der Waals surface area contributed by atoms with Gasteiger partial charge in [0.25, 0.3) is 0 Å². The third-order valence-electron chi connectivity index (χ3n) is 5.59. The van der Waals surface area contributed by atoms with Gasteiger partial charge in [-0.1, -0.05) is 18.2 Å². The number of amides is 1. The fourth-order valence-electron chi connectivity index (χ4n) is 4.09. The first-order chi connectivity index (χ1) is 13.6. The highest BCUT2D eigenvalue weighted by Crippen LogP contribution is 2.25. The van der Waals surface area contributed by atoms with Crippen LogP contribution >= 0.6 is 0 Å². The van der Waals surface area contributed by atoms with E-state index in [9.17, 15) is 21.6 Å². The molecule has 10 heteroatoms. The first-order valence-corrected chi connectivity index (χ1v) is 13.3.